The van der Waals surface area contributed by atoms with E-state index in [1.54, 1.807) is 11.3 Å². The van der Waals surface area contributed by atoms with Gasteiger partial charge >= 0.3 is 0 Å². The van der Waals surface area contributed by atoms with Crippen molar-refractivity contribution in [3.8, 4) is 0 Å². The summed E-state index contributed by atoms with van der Waals surface area (Å²) in [7, 11) is 0. The molecule has 1 aromatic rings. The Morgan fingerprint density at radius 3 is 2.94 bits per heavy atom. The Balaban J connectivity index is 0.00000144. The summed E-state index contributed by atoms with van der Waals surface area (Å²) >= 11 is 1.70. The molecule has 3 nitrogen and oxygen atoms in total. The fraction of sp³-hybridized carbons (Fsp3) is 0.583. The van der Waals surface area contributed by atoms with Crippen molar-refractivity contribution in [2.24, 2.45) is 11.8 Å². The molecule has 1 aromatic heterocycles. The van der Waals surface area contributed by atoms with E-state index in [1.165, 1.54) is 5.56 Å². The van der Waals surface area contributed by atoms with Crippen LogP contribution in [-0.2, 0) is 11.2 Å². The third-order valence-corrected chi connectivity index (χ3v) is 3.96. The Morgan fingerprint density at radius 2 is 2.41 bits per heavy atom. The average Bonchev–Trinajstić information content (AvgIpc) is 2.67. The zero-order chi connectivity index (χ0) is 11.4. The average molecular weight is 275 g/mol. The van der Waals surface area contributed by atoms with Crippen molar-refractivity contribution >= 4 is 29.7 Å². The van der Waals surface area contributed by atoms with Crippen LogP contribution in [0, 0.1) is 11.8 Å². The van der Waals surface area contributed by atoms with Gasteiger partial charge in [-0.2, -0.15) is 11.3 Å². The van der Waals surface area contributed by atoms with Crippen molar-refractivity contribution in [3.05, 3.63) is 22.4 Å². The molecule has 0 radical (unpaired) electrons. The largest absolute Gasteiger partial charge is 0.356 e. The monoisotopic (exact) mass is 274 g/mol. The third kappa shape index (κ3) is 3.98. The molecule has 0 bridgehead atoms. The topological polar surface area (TPSA) is 41.1 Å². The first-order valence-corrected chi connectivity index (χ1v) is 6.71. The number of carbonyl (C=O) groups is 1. The summed E-state index contributed by atoms with van der Waals surface area (Å²) in [5, 5.41) is 10.4. The number of thiophene rings is 1. The van der Waals surface area contributed by atoms with Crippen molar-refractivity contribution in [3.63, 3.8) is 0 Å². The summed E-state index contributed by atoms with van der Waals surface area (Å²) in [4.78, 5) is 11.8. The number of halogens is 1. The van der Waals surface area contributed by atoms with Gasteiger partial charge in [-0.05, 0) is 47.8 Å². The smallest absolute Gasteiger partial charge is 0.223 e. The molecule has 1 atom stereocenters. The van der Waals surface area contributed by atoms with Gasteiger partial charge in [0.15, 0.2) is 0 Å². The second-order valence-electron chi connectivity index (χ2n) is 4.38. The molecule has 2 heterocycles. The predicted octanol–water partition coefficient (Wildman–Crippen LogP) is 1.68. The van der Waals surface area contributed by atoms with Crippen LogP contribution in [0.3, 0.4) is 0 Å². The summed E-state index contributed by atoms with van der Waals surface area (Å²) in [6, 6.07) is 2.11. The summed E-state index contributed by atoms with van der Waals surface area (Å²) in [6.07, 6.45) is 0.935. The first-order chi connectivity index (χ1) is 7.77. The molecule has 0 spiro atoms. The Morgan fingerprint density at radius 1 is 1.65 bits per heavy atom. The summed E-state index contributed by atoms with van der Waals surface area (Å²) in [5.41, 5.74) is 1.31. The van der Waals surface area contributed by atoms with Gasteiger partial charge in [0.25, 0.3) is 0 Å². The van der Waals surface area contributed by atoms with Crippen molar-refractivity contribution in [2.45, 2.75) is 13.3 Å². The lowest BCUT2D eigenvalue weighted by Crippen LogP contribution is -2.49. The van der Waals surface area contributed by atoms with Crippen LogP contribution >= 0.6 is 23.7 Å². The molecule has 2 rings (SSSR count). The van der Waals surface area contributed by atoms with E-state index in [0.717, 1.165) is 26.1 Å². The second kappa shape index (κ2) is 6.99. The fourth-order valence-electron chi connectivity index (χ4n) is 1.80. The Labute approximate surface area is 112 Å². The van der Waals surface area contributed by atoms with Crippen LogP contribution in [0.1, 0.15) is 12.5 Å². The van der Waals surface area contributed by atoms with Crippen LogP contribution in [0.15, 0.2) is 16.8 Å². The van der Waals surface area contributed by atoms with Crippen LogP contribution in [0.2, 0.25) is 0 Å². The molecule has 1 aliphatic heterocycles. The first-order valence-electron chi connectivity index (χ1n) is 5.77. The maximum atomic E-state index is 11.8. The zero-order valence-electron chi connectivity index (χ0n) is 9.94. The highest BCUT2D eigenvalue weighted by atomic mass is 35.5. The molecule has 2 N–H and O–H groups in total. The normalized spacial score (nSPS) is 16.8. The number of carbonyl (C=O) groups excluding carboxylic acids is 1. The van der Waals surface area contributed by atoms with E-state index in [1.807, 2.05) is 6.92 Å². The van der Waals surface area contributed by atoms with E-state index in [9.17, 15) is 4.79 Å². The van der Waals surface area contributed by atoms with Crippen molar-refractivity contribution in [2.75, 3.05) is 19.6 Å². The molecule has 5 heteroatoms. The molecular formula is C12H19ClN2OS. The second-order valence-corrected chi connectivity index (χ2v) is 5.16. The van der Waals surface area contributed by atoms with Gasteiger partial charge in [-0.15, -0.1) is 12.4 Å². The van der Waals surface area contributed by atoms with Crippen LogP contribution < -0.4 is 10.6 Å². The van der Waals surface area contributed by atoms with Gasteiger partial charge in [0.05, 0.1) is 0 Å². The highest BCUT2D eigenvalue weighted by Crippen LogP contribution is 2.15. The number of hydrogen-bond acceptors (Lipinski definition) is 3. The van der Waals surface area contributed by atoms with Gasteiger partial charge in [-0.25, -0.2) is 0 Å². The van der Waals surface area contributed by atoms with E-state index in [2.05, 4.69) is 27.5 Å². The molecule has 1 saturated heterocycles. The van der Waals surface area contributed by atoms with Gasteiger partial charge in [0.2, 0.25) is 5.91 Å². The Kier molecular flexibility index (Phi) is 5.95. The summed E-state index contributed by atoms with van der Waals surface area (Å²) < 4.78 is 0. The highest BCUT2D eigenvalue weighted by Gasteiger charge is 2.28. The predicted molar refractivity (Wildman–Crippen MR) is 73.8 cm³/mol. The molecule has 96 valence electrons. The van der Waals surface area contributed by atoms with Crippen molar-refractivity contribution in [1.82, 2.24) is 10.6 Å². The van der Waals surface area contributed by atoms with Crippen molar-refractivity contribution < 1.29 is 4.79 Å². The van der Waals surface area contributed by atoms with Crippen LogP contribution in [0.5, 0.6) is 0 Å². The highest BCUT2D eigenvalue weighted by molar-refractivity contribution is 7.07. The van der Waals surface area contributed by atoms with Gasteiger partial charge in [-0.1, -0.05) is 6.92 Å². The van der Waals surface area contributed by atoms with Gasteiger partial charge < -0.3 is 10.6 Å². The minimum Gasteiger partial charge on any atom is -0.356 e. The first kappa shape index (κ1) is 14.5. The van der Waals surface area contributed by atoms with Crippen LogP contribution in [0.4, 0.5) is 0 Å². The van der Waals surface area contributed by atoms with Crippen LogP contribution in [-0.4, -0.2) is 25.5 Å². The quantitative estimate of drug-likeness (QED) is 0.858. The zero-order valence-corrected chi connectivity index (χ0v) is 11.6. The number of nitrogens with one attached hydrogen (secondary N) is 2. The van der Waals surface area contributed by atoms with E-state index in [4.69, 9.17) is 0 Å². The molecule has 0 saturated carbocycles. The van der Waals surface area contributed by atoms with Gasteiger partial charge in [0.1, 0.15) is 0 Å². The van der Waals surface area contributed by atoms with E-state index >= 15 is 0 Å². The molecule has 1 fully saturated rings. The number of amides is 1. The van der Waals surface area contributed by atoms with Crippen LogP contribution in [0.25, 0.3) is 0 Å². The number of hydrogen-bond donors (Lipinski definition) is 2. The standard InChI is InChI=1S/C12H18N2OS.ClH/c1-9(11-6-13-7-11)12(15)14-4-2-10-3-5-16-8-10;/h3,5,8-9,11,13H,2,4,6-7H2,1H3,(H,14,15);1H. The summed E-state index contributed by atoms with van der Waals surface area (Å²) in [5.74, 6) is 0.867. The molecule has 0 aromatic carbocycles. The summed E-state index contributed by atoms with van der Waals surface area (Å²) in [6.45, 7) is 4.74. The lowest BCUT2D eigenvalue weighted by atomic mass is 9.88. The SMILES string of the molecule is CC(C(=O)NCCc1ccsc1)C1CNC1.Cl. The molecular weight excluding hydrogens is 256 g/mol. The molecule has 1 amide bonds. The minimum absolute atomic E-state index is 0. The lowest BCUT2D eigenvalue weighted by molar-refractivity contribution is -0.126. The minimum atomic E-state index is 0. The Hall–Kier alpha value is -0.580. The Bertz CT molecular complexity index is 338. The van der Waals surface area contributed by atoms with Gasteiger partial charge in [-0.3, -0.25) is 4.79 Å². The molecule has 1 unspecified atom stereocenters. The van der Waals surface area contributed by atoms with E-state index in [-0.39, 0.29) is 24.2 Å². The van der Waals surface area contributed by atoms with Gasteiger partial charge in [0, 0.05) is 12.5 Å². The fourth-order valence-corrected chi connectivity index (χ4v) is 2.51. The molecule has 17 heavy (non-hydrogen) atoms. The van der Waals surface area contributed by atoms with E-state index < -0.39 is 0 Å². The molecule has 1 aliphatic rings. The van der Waals surface area contributed by atoms with E-state index in [0.29, 0.717) is 5.92 Å². The maximum absolute atomic E-state index is 11.8. The lowest BCUT2D eigenvalue weighted by Gasteiger charge is -2.31. The number of rotatable bonds is 5. The third-order valence-electron chi connectivity index (χ3n) is 3.23. The maximum Gasteiger partial charge on any atom is 0.223 e. The van der Waals surface area contributed by atoms with Crippen molar-refractivity contribution in [1.29, 1.82) is 0 Å². The molecule has 0 aliphatic carbocycles.